The summed E-state index contributed by atoms with van der Waals surface area (Å²) in [6, 6.07) is 9.44. The van der Waals surface area contributed by atoms with Gasteiger partial charge in [-0.05, 0) is 37.6 Å². The van der Waals surface area contributed by atoms with Gasteiger partial charge in [-0.25, -0.2) is 8.78 Å². The van der Waals surface area contributed by atoms with Gasteiger partial charge in [0.1, 0.15) is 23.0 Å². The molecule has 0 amide bonds. The molecule has 2 N–H and O–H groups in total. The van der Waals surface area contributed by atoms with Crippen LogP contribution in [0.2, 0.25) is 0 Å². The molecule has 0 radical (unpaired) electrons. The molecule has 33 heavy (non-hydrogen) atoms. The minimum Gasteiger partial charge on any atom is -0.365 e. The molecule has 176 valence electrons. The van der Waals surface area contributed by atoms with Gasteiger partial charge in [-0.15, -0.1) is 24.0 Å². The van der Waals surface area contributed by atoms with Gasteiger partial charge in [-0.1, -0.05) is 17.3 Å². The number of nitrogens with one attached hydrogen (secondary N) is 2. The van der Waals surface area contributed by atoms with Crippen LogP contribution in [0.5, 0.6) is 0 Å². The molecule has 1 aromatic carbocycles. The first-order valence-corrected chi connectivity index (χ1v) is 10.6. The Balaban J connectivity index is 0.00000306. The summed E-state index contributed by atoms with van der Waals surface area (Å²) in [6.45, 7) is 4.17. The lowest BCUT2D eigenvalue weighted by molar-refractivity contribution is 0.421. The Morgan fingerprint density at radius 1 is 1.21 bits per heavy atom. The van der Waals surface area contributed by atoms with Gasteiger partial charge in [0, 0.05) is 44.8 Å². The van der Waals surface area contributed by atoms with Gasteiger partial charge in [0.25, 0.3) is 5.89 Å². The van der Waals surface area contributed by atoms with Gasteiger partial charge in [0.2, 0.25) is 0 Å². The maximum Gasteiger partial charge on any atom is 0.276 e. The van der Waals surface area contributed by atoms with Gasteiger partial charge in [-0.2, -0.15) is 4.98 Å². The average molecular weight is 569 g/mol. The van der Waals surface area contributed by atoms with Gasteiger partial charge < -0.3 is 20.1 Å². The molecule has 8 nitrogen and oxygen atoms in total. The number of pyridine rings is 1. The minimum atomic E-state index is -0.545. The number of anilines is 1. The van der Waals surface area contributed by atoms with E-state index in [9.17, 15) is 8.78 Å². The van der Waals surface area contributed by atoms with E-state index in [-0.39, 0.29) is 35.7 Å². The standard InChI is InChI=1S/C22H25F2N7O.HI/c1-2-25-22(27-12-9-19-29-21(32-30-19)18-8-3-4-11-26-18)28-15-10-13-31(14-15)20-16(23)6-5-7-17(20)24;/h3-8,11,15H,2,9-10,12-14H2,1H3,(H2,25,27,28);1H. The molecule has 0 saturated carbocycles. The SMILES string of the molecule is CCNC(=NCCc1noc(-c2ccccn2)n1)NC1CCN(c2c(F)cccc2F)C1.I. The van der Waals surface area contributed by atoms with E-state index in [1.54, 1.807) is 17.2 Å². The van der Waals surface area contributed by atoms with E-state index in [0.717, 1.165) is 6.42 Å². The van der Waals surface area contributed by atoms with E-state index >= 15 is 0 Å². The average Bonchev–Trinajstić information content (AvgIpc) is 3.44. The second kappa shape index (κ2) is 11.9. The summed E-state index contributed by atoms with van der Waals surface area (Å²) in [6.07, 6.45) is 2.92. The van der Waals surface area contributed by atoms with Crippen LogP contribution in [-0.2, 0) is 6.42 Å². The Labute approximate surface area is 207 Å². The van der Waals surface area contributed by atoms with E-state index in [0.29, 0.717) is 56.0 Å². The Bertz CT molecular complexity index is 1040. The van der Waals surface area contributed by atoms with E-state index in [4.69, 9.17) is 4.52 Å². The number of aliphatic imine (C=N–C) groups is 1. The highest BCUT2D eigenvalue weighted by Gasteiger charge is 2.27. The second-order valence-electron chi connectivity index (χ2n) is 7.39. The van der Waals surface area contributed by atoms with Crippen LogP contribution in [0.15, 0.2) is 52.1 Å². The maximum absolute atomic E-state index is 14.1. The number of benzene rings is 1. The monoisotopic (exact) mass is 569 g/mol. The van der Waals surface area contributed by atoms with E-state index in [1.165, 1.54) is 18.2 Å². The molecule has 0 aliphatic carbocycles. The van der Waals surface area contributed by atoms with E-state index in [2.05, 4.69) is 30.8 Å². The first-order valence-electron chi connectivity index (χ1n) is 10.6. The van der Waals surface area contributed by atoms with Gasteiger partial charge in [-0.3, -0.25) is 9.98 Å². The molecule has 3 aromatic rings. The summed E-state index contributed by atoms with van der Waals surface area (Å²) < 4.78 is 33.4. The zero-order valence-corrected chi connectivity index (χ0v) is 20.5. The van der Waals surface area contributed by atoms with Crippen molar-refractivity contribution in [2.24, 2.45) is 4.99 Å². The molecule has 0 spiro atoms. The normalized spacial score (nSPS) is 15.9. The molecule has 1 unspecified atom stereocenters. The van der Waals surface area contributed by atoms with Crippen LogP contribution >= 0.6 is 24.0 Å². The third-order valence-electron chi connectivity index (χ3n) is 5.08. The number of guanidine groups is 1. The fourth-order valence-electron chi connectivity index (χ4n) is 3.60. The van der Waals surface area contributed by atoms with Crippen LogP contribution in [0.1, 0.15) is 19.2 Å². The first kappa shape index (κ1) is 24.8. The highest BCUT2D eigenvalue weighted by molar-refractivity contribution is 14.0. The lowest BCUT2D eigenvalue weighted by Crippen LogP contribution is -2.44. The van der Waals surface area contributed by atoms with Gasteiger partial charge >= 0.3 is 0 Å². The molecule has 1 fully saturated rings. The van der Waals surface area contributed by atoms with Crippen LogP contribution in [0.25, 0.3) is 11.6 Å². The minimum absolute atomic E-state index is 0. The number of rotatable bonds is 7. The van der Waals surface area contributed by atoms with Crippen molar-refractivity contribution in [2.75, 3.05) is 31.1 Å². The predicted molar refractivity (Wildman–Crippen MR) is 133 cm³/mol. The summed E-state index contributed by atoms with van der Waals surface area (Å²) in [7, 11) is 0. The van der Waals surface area contributed by atoms with Crippen molar-refractivity contribution in [1.29, 1.82) is 0 Å². The summed E-state index contributed by atoms with van der Waals surface area (Å²) in [5.74, 6) is 0.475. The van der Waals surface area contributed by atoms with Crippen LogP contribution in [0.4, 0.5) is 14.5 Å². The highest BCUT2D eigenvalue weighted by atomic mass is 127. The molecule has 4 rings (SSSR count). The first-order chi connectivity index (χ1) is 15.6. The lowest BCUT2D eigenvalue weighted by Gasteiger charge is -2.21. The van der Waals surface area contributed by atoms with Gasteiger partial charge in [0.15, 0.2) is 11.8 Å². The summed E-state index contributed by atoms with van der Waals surface area (Å²) >= 11 is 0. The quantitative estimate of drug-likeness (QED) is 0.256. The zero-order chi connectivity index (χ0) is 22.3. The molecular weight excluding hydrogens is 543 g/mol. The van der Waals surface area contributed by atoms with E-state index in [1.807, 2.05) is 19.1 Å². The van der Waals surface area contributed by atoms with Crippen molar-refractivity contribution in [2.45, 2.75) is 25.8 Å². The zero-order valence-electron chi connectivity index (χ0n) is 18.2. The molecule has 1 aliphatic rings. The van der Waals surface area contributed by atoms with Crippen molar-refractivity contribution in [3.05, 3.63) is 60.1 Å². The summed E-state index contributed by atoms with van der Waals surface area (Å²) in [5.41, 5.74) is 0.654. The number of hydrogen-bond donors (Lipinski definition) is 2. The lowest BCUT2D eigenvalue weighted by atomic mass is 10.2. The topological polar surface area (TPSA) is 91.5 Å². The van der Waals surface area contributed by atoms with E-state index < -0.39 is 11.6 Å². The molecular formula is C22H26F2IN7O. The number of hydrogen-bond acceptors (Lipinski definition) is 6. The smallest absolute Gasteiger partial charge is 0.276 e. The van der Waals surface area contributed by atoms with Crippen molar-refractivity contribution in [1.82, 2.24) is 25.8 Å². The third kappa shape index (κ3) is 6.36. The third-order valence-corrected chi connectivity index (χ3v) is 5.08. The van der Waals surface area contributed by atoms with Crippen molar-refractivity contribution in [3.63, 3.8) is 0 Å². The molecule has 2 aromatic heterocycles. The number of nitrogens with zero attached hydrogens (tertiary/aromatic N) is 5. The van der Waals surface area contributed by atoms with Gasteiger partial charge in [0.05, 0.1) is 0 Å². The largest absolute Gasteiger partial charge is 0.365 e. The Morgan fingerprint density at radius 2 is 2.03 bits per heavy atom. The Hall–Kier alpha value is -2.83. The summed E-state index contributed by atoms with van der Waals surface area (Å²) in [5, 5.41) is 10.5. The Morgan fingerprint density at radius 3 is 2.76 bits per heavy atom. The highest BCUT2D eigenvalue weighted by Crippen LogP contribution is 2.26. The second-order valence-corrected chi connectivity index (χ2v) is 7.39. The molecule has 11 heteroatoms. The van der Waals surface area contributed by atoms with Crippen molar-refractivity contribution in [3.8, 4) is 11.6 Å². The molecule has 1 aliphatic heterocycles. The molecule has 1 saturated heterocycles. The molecule has 0 bridgehead atoms. The van der Waals surface area contributed by atoms with Crippen molar-refractivity contribution >= 4 is 35.6 Å². The fourth-order valence-corrected chi connectivity index (χ4v) is 3.60. The molecule has 1 atom stereocenters. The molecule has 3 heterocycles. The van der Waals surface area contributed by atoms with Crippen molar-refractivity contribution < 1.29 is 13.3 Å². The van der Waals surface area contributed by atoms with Crippen LogP contribution in [0, 0.1) is 11.6 Å². The Kier molecular flexibility index (Phi) is 8.92. The summed E-state index contributed by atoms with van der Waals surface area (Å²) in [4.78, 5) is 14.9. The number of para-hydroxylation sites is 1. The van der Waals surface area contributed by atoms with Crippen LogP contribution in [0.3, 0.4) is 0 Å². The maximum atomic E-state index is 14.1. The number of aromatic nitrogens is 3. The van der Waals surface area contributed by atoms with Crippen LogP contribution in [-0.4, -0.2) is 53.3 Å². The fraction of sp³-hybridized carbons (Fsp3) is 0.364. The number of halogens is 3. The van der Waals surface area contributed by atoms with Crippen LogP contribution < -0.4 is 15.5 Å². The predicted octanol–water partition coefficient (Wildman–Crippen LogP) is 3.40.